The van der Waals surface area contributed by atoms with Crippen molar-refractivity contribution in [3.05, 3.63) is 23.8 Å². The van der Waals surface area contributed by atoms with E-state index in [4.69, 9.17) is 5.11 Å². The van der Waals surface area contributed by atoms with E-state index in [-0.39, 0.29) is 11.1 Å². The Morgan fingerprint density at radius 3 is 0.969 bits per heavy atom. The monoisotopic (exact) mass is 1020 g/mol. The number of halogens is 30. The van der Waals surface area contributed by atoms with Crippen LogP contribution in [0.15, 0.2) is 23.8 Å². The minimum absolute atomic E-state index is 0.194. The third kappa shape index (κ3) is 11.3. The molecule has 0 aliphatic heterocycles. The molecule has 64 heavy (non-hydrogen) atoms. The zero-order chi connectivity index (χ0) is 52.4. The molecule has 0 amide bonds. The first-order valence-corrected chi connectivity index (χ1v) is 16.1. The Bertz CT molecular complexity index is 1640. The van der Waals surface area contributed by atoms with E-state index in [1.54, 1.807) is 0 Å². The van der Waals surface area contributed by atoms with Crippen LogP contribution in [-0.4, -0.2) is 107 Å². The van der Waals surface area contributed by atoms with Crippen molar-refractivity contribution >= 4 is 11.9 Å². The van der Waals surface area contributed by atoms with E-state index in [0.29, 0.717) is 0 Å². The number of alkyl halides is 30. The normalized spacial score (nSPS) is 15.4. The quantitative estimate of drug-likeness (QED) is 0.0508. The van der Waals surface area contributed by atoms with Crippen LogP contribution in [0.3, 0.4) is 0 Å². The number of esters is 1. The summed E-state index contributed by atoms with van der Waals surface area (Å²) < 4.78 is 394. The molecule has 380 valence electrons. The van der Waals surface area contributed by atoms with Crippen molar-refractivity contribution in [2.75, 3.05) is 6.61 Å². The number of carbonyl (C=O) groups is 2. The molecular weight excluding hydrogens is 994 g/mol. The lowest BCUT2D eigenvalue weighted by Gasteiger charge is -2.41. The van der Waals surface area contributed by atoms with E-state index in [0.717, 1.165) is 19.9 Å². The van der Waals surface area contributed by atoms with Crippen LogP contribution >= 0.6 is 0 Å². The zero-order valence-corrected chi connectivity index (χ0v) is 31.0. The predicted octanol–water partition coefficient (Wildman–Crippen LogP) is 13.6. The zero-order valence-electron chi connectivity index (χ0n) is 31.0. The SMILES string of the molecule is C=C(C)C(=O)OCCCCC(F)(F)C(F)(F)C(F)(F)C(F)(F)C(F)(F)C(F)(F)C(F)(F)F.CC(=CCCCCC(F)(F)C(F)(F)C(F)(F)C(F)(F)C(F)(F)C(F)(F)C(F)(F)F)C(=O)O. The summed E-state index contributed by atoms with van der Waals surface area (Å²) in [7, 11) is 0. The van der Waals surface area contributed by atoms with Crippen LogP contribution in [0.2, 0.25) is 0 Å². The number of rotatable bonds is 22. The van der Waals surface area contributed by atoms with Crippen LogP contribution in [-0.2, 0) is 14.3 Å². The fourth-order valence-electron chi connectivity index (χ4n) is 3.95. The smallest absolute Gasteiger partial charge is 0.460 e. The van der Waals surface area contributed by atoms with E-state index < -0.39 is 147 Å². The molecule has 0 aliphatic carbocycles. The van der Waals surface area contributed by atoms with Crippen molar-refractivity contribution in [1.82, 2.24) is 0 Å². The Hall–Kier alpha value is -3.68. The standard InChI is InChI=1S/2C15H13F15O2/c1-7(2)8(31)32-6-4-3-5-9(16,17)10(18,19)11(20,21)12(22,23)13(24,25)14(26,27)15(28,29)30;1-7(8(31)32)5-3-2-4-6-9(16,17)10(18,19)11(20,21)12(22,23)13(24,25)14(26,27)15(28,29)30/h1,3-6H2,2H3;5H,2-4,6H2,1H3,(H,31,32). The van der Waals surface area contributed by atoms with Gasteiger partial charge in [-0.2, -0.15) is 132 Å². The highest BCUT2D eigenvalue weighted by atomic mass is 19.4. The molecule has 1 N–H and O–H groups in total. The molecule has 0 aromatic heterocycles. The Labute approximate surface area is 336 Å². The van der Waals surface area contributed by atoms with Crippen LogP contribution in [0.4, 0.5) is 132 Å². The van der Waals surface area contributed by atoms with E-state index in [1.165, 1.54) is 0 Å². The Balaban J connectivity index is 0. The van der Waals surface area contributed by atoms with Crippen molar-refractivity contribution in [3.63, 3.8) is 0 Å². The van der Waals surface area contributed by atoms with Crippen LogP contribution < -0.4 is 0 Å². The topological polar surface area (TPSA) is 63.6 Å². The molecule has 0 rings (SSSR count). The van der Waals surface area contributed by atoms with Crippen molar-refractivity contribution in [1.29, 1.82) is 0 Å². The third-order valence-electron chi connectivity index (χ3n) is 7.98. The largest absolute Gasteiger partial charge is 0.478 e. The summed E-state index contributed by atoms with van der Waals surface area (Å²) in [4.78, 5) is 21.4. The first-order valence-electron chi connectivity index (χ1n) is 16.1. The van der Waals surface area contributed by atoms with E-state index in [2.05, 4.69) is 11.3 Å². The molecule has 0 spiro atoms. The Morgan fingerprint density at radius 1 is 0.438 bits per heavy atom. The van der Waals surface area contributed by atoms with Gasteiger partial charge in [-0.3, -0.25) is 0 Å². The fraction of sp³-hybridized carbons (Fsp3) is 0.800. The maximum absolute atomic E-state index is 13.5. The number of allylic oxidation sites excluding steroid dienone is 1. The molecule has 0 radical (unpaired) electrons. The number of hydrogen-bond acceptors (Lipinski definition) is 3. The van der Waals surface area contributed by atoms with Crippen molar-refractivity contribution in [2.24, 2.45) is 0 Å². The molecule has 0 saturated heterocycles. The number of carboxylic acid groups (broad SMARTS) is 1. The van der Waals surface area contributed by atoms with Gasteiger partial charge in [0.25, 0.3) is 0 Å². The average Bonchev–Trinajstić information content (AvgIpc) is 3.09. The van der Waals surface area contributed by atoms with Crippen LogP contribution in [0.1, 0.15) is 58.8 Å². The minimum Gasteiger partial charge on any atom is -0.478 e. The van der Waals surface area contributed by atoms with Gasteiger partial charge in [0.05, 0.1) is 6.61 Å². The molecule has 0 aromatic carbocycles. The fourth-order valence-corrected chi connectivity index (χ4v) is 3.95. The van der Waals surface area contributed by atoms with Gasteiger partial charge in [0.2, 0.25) is 0 Å². The summed E-state index contributed by atoms with van der Waals surface area (Å²) in [5, 5.41) is 8.49. The van der Waals surface area contributed by atoms with Crippen molar-refractivity contribution < 1.29 is 151 Å². The second kappa shape index (κ2) is 19.3. The molecule has 0 heterocycles. The number of carbonyl (C=O) groups excluding carboxylic acids is 1. The van der Waals surface area contributed by atoms with Gasteiger partial charge in [-0.25, -0.2) is 9.59 Å². The molecule has 0 unspecified atom stereocenters. The molecule has 0 saturated carbocycles. The Morgan fingerprint density at radius 2 is 0.703 bits per heavy atom. The highest BCUT2D eigenvalue weighted by molar-refractivity contribution is 5.87. The first-order chi connectivity index (χ1) is 27.7. The lowest BCUT2D eigenvalue weighted by Crippen LogP contribution is -2.72. The first kappa shape index (κ1) is 62.4. The Kier molecular flexibility index (Phi) is 18.8. The minimum atomic E-state index is -8.29. The third-order valence-corrected chi connectivity index (χ3v) is 7.98. The maximum Gasteiger partial charge on any atom is 0.460 e. The van der Waals surface area contributed by atoms with Gasteiger partial charge in [0.15, 0.2) is 0 Å². The number of unbranched alkanes of at least 4 members (excludes halogenated alkanes) is 3. The maximum atomic E-state index is 13.5. The summed E-state index contributed by atoms with van der Waals surface area (Å²) in [6.07, 6.45) is -23.5. The van der Waals surface area contributed by atoms with Gasteiger partial charge in [-0.05, 0) is 46.0 Å². The van der Waals surface area contributed by atoms with Crippen LogP contribution in [0, 0.1) is 0 Å². The molecular formula is C30H26F30O4. The van der Waals surface area contributed by atoms with Gasteiger partial charge in [-0.1, -0.05) is 12.7 Å². The lowest BCUT2D eigenvalue weighted by molar-refractivity contribution is -0.452. The molecule has 0 atom stereocenters. The number of ether oxygens (including phenoxy) is 1. The van der Waals surface area contributed by atoms with E-state index in [9.17, 15) is 141 Å². The van der Waals surface area contributed by atoms with E-state index >= 15 is 0 Å². The van der Waals surface area contributed by atoms with Crippen molar-refractivity contribution in [3.8, 4) is 0 Å². The second-order valence-corrected chi connectivity index (χ2v) is 13.0. The molecule has 34 heteroatoms. The van der Waals surface area contributed by atoms with Gasteiger partial charge in [-0.15, -0.1) is 0 Å². The van der Waals surface area contributed by atoms with E-state index in [1.807, 2.05) is 0 Å². The van der Waals surface area contributed by atoms with Gasteiger partial charge < -0.3 is 9.84 Å². The number of hydrogen-bond donors (Lipinski definition) is 1. The summed E-state index contributed by atoms with van der Waals surface area (Å²) in [5.41, 5.74) is -0.540. The second-order valence-electron chi connectivity index (χ2n) is 13.0. The predicted molar refractivity (Wildman–Crippen MR) is 151 cm³/mol. The summed E-state index contributed by atoms with van der Waals surface area (Å²) in [6.45, 7) is 4.47. The number of aliphatic carboxylic acids is 1. The molecule has 0 fully saturated rings. The highest BCUT2D eigenvalue weighted by Gasteiger charge is 2.94. The summed E-state index contributed by atoms with van der Waals surface area (Å²) in [6, 6.07) is 0. The highest BCUT2D eigenvalue weighted by Crippen LogP contribution is 2.64. The van der Waals surface area contributed by atoms with Gasteiger partial charge in [0.1, 0.15) is 0 Å². The molecule has 0 aliphatic rings. The van der Waals surface area contributed by atoms with Gasteiger partial charge >= 0.3 is 95.4 Å². The van der Waals surface area contributed by atoms with Crippen LogP contribution in [0.5, 0.6) is 0 Å². The average molecular weight is 1020 g/mol. The summed E-state index contributed by atoms with van der Waals surface area (Å²) >= 11 is 0. The molecule has 0 aromatic rings. The lowest BCUT2D eigenvalue weighted by atomic mass is 9.89. The number of carboxylic acids is 1. The molecule has 0 bridgehead atoms. The molecule has 4 nitrogen and oxygen atoms in total. The van der Waals surface area contributed by atoms with Crippen LogP contribution in [0.25, 0.3) is 0 Å². The van der Waals surface area contributed by atoms with Gasteiger partial charge in [0, 0.05) is 24.0 Å². The van der Waals surface area contributed by atoms with Crippen molar-refractivity contribution in [2.45, 2.75) is 142 Å². The summed E-state index contributed by atoms with van der Waals surface area (Å²) in [5.74, 6) is -95.3.